The number of aliphatic hydroxyl groups is 1. The van der Waals surface area contributed by atoms with E-state index in [1.807, 2.05) is 4.90 Å². The second kappa shape index (κ2) is 5.18. The summed E-state index contributed by atoms with van der Waals surface area (Å²) >= 11 is 0. The number of hydrogen-bond acceptors (Lipinski definition) is 6. The zero-order valence-corrected chi connectivity index (χ0v) is 9.76. The number of ether oxygens (including phenoxy) is 1. The molecule has 0 saturated carbocycles. The van der Waals surface area contributed by atoms with E-state index < -0.39 is 5.97 Å². The van der Waals surface area contributed by atoms with Crippen LogP contribution in [0.25, 0.3) is 0 Å². The third kappa shape index (κ3) is 2.76. The van der Waals surface area contributed by atoms with Gasteiger partial charge in [-0.1, -0.05) is 0 Å². The molecule has 0 bridgehead atoms. The molecule has 0 aromatic carbocycles. The van der Waals surface area contributed by atoms with Crippen molar-refractivity contribution in [2.75, 3.05) is 24.6 Å². The Bertz CT molecular complexity index is 383. The molecule has 0 amide bonds. The predicted octanol–water partition coefficient (Wildman–Crippen LogP) is 0.812. The van der Waals surface area contributed by atoms with Crippen LogP contribution in [0.2, 0.25) is 0 Å². The summed E-state index contributed by atoms with van der Waals surface area (Å²) in [6, 6.07) is 0.417. The number of carbonyl (C=O) groups is 1. The zero-order valence-electron chi connectivity index (χ0n) is 9.76. The number of esters is 1. The van der Waals surface area contributed by atoms with Crippen LogP contribution in [-0.4, -0.2) is 41.9 Å². The molecule has 2 heterocycles. The Labute approximate surface area is 99.2 Å². The van der Waals surface area contributed by atoms with Gasteiger partial charge in [0.2, 0.25) is 0 Å². The second-order valence-corrected chi connectivity index (χ2v) is 3.95. The van der Waals surface area contributed by atoms with Gasteiger partial charge in [-0.3, -0.25) is 0 Å². The van der Waals surface area contributed by atoms with Gasteiger partial charge >= 0.3 is 5.97 Å². The van der Waals surface area contributed by atoms with Gasteiger partial charge in [-0.25, -0.2) is 4.79 Å². The summed E-state index contributed by atoms with van der Waals surface area (Å²) in [5, 5.41) is 9.39. The Balaban J connectivity index is 2.00. The van der Waals surface area contributed by atoms with Crippen LogP contribution in [0.1, 0.15) is 30.3 Å². The first-order valence-corrected chi connectivity index (χ1v) is 5.76. The lowest BCUT2D eigenvalue weighted by Gasteiger charge is -2.27. The molecular weight excluding hydrogens is 224 g/mol. The molecule has 1 aliphatic rings. The van der Waals surface area contributed by atoms with Gasteiger partial charge in [-0.05, 0) is 19.8 Å². The number of aliphatic hydroxyl groups excluding tert-OH is 1. The van der Waals surface area contributed by atoms with E-state index in [0.29, 0.717) is 38.6 Å². The van der Waals surface area contributed by atoms with Crippen molar-refractivity contribution in [3.8, 4) is 0 Å². The molecular formula is C11H16N2O4. The van der Waals surface area contributed by atoms with Crippen molar-refractivity contribution in [1.82, 2.24) is 4.98 Å². The maximum absolute atomic E-state index is 11.4. The van der Waals surface area contributed by atoms with Crippen molar-refractivity contribution >= 4 is 12.0 Å². The normalized spacial score (nSPS) is 17.2. The van der Waals surface area contributed by atoms with Gasteiger partial charge in [0.05, 0.1) is 12.7 Å². The van der Waals surface area contributed by atoms with E-state index in [2.05, 4.69) is 4.98 Å². The number of aromatic nitrogens is 1. The van der Waals surface area contributed by atoms with Crippen molar-refractivity contribution in [2.24, 2.45) is 0 Å². The molecule has 1 fully saturated rings. The minimum atomic E-state index is -0.473. The van der Waals surface area contributed by atoms with E-state index in [0.717, 1.165) is 0 Å². The predicted molar refractivity (Wildman–Crippen MR) is 59.9 cm³/mol. The van der Waals surface area contributed by atoms with Crippen LogP contribution in [0.15, 0.2) is 10.7 Å². The van der Waals surface area contributed by atoms with Crippen LogP contribution in [0, 0.1) is 0 Å². The highest BCUT2D eigenvalue weighted by molar-refractivity contribution is 5.87. The standard InChI is InChI=1S/C11H16N2O4/c1-2-16-10(15)9-7-17-11(12-9)13-5-3-8(14)4-6-13/h7-8,14H,2-6H2,1H3. The lowest BCUT2D eigenvalue weighted by atomic mass is 10.1. The minimum Gasteiger partial charge on any atom is -0.461 e. The van der Waals surface area contributed by atoms with Crippen molar-refractivity contribution in [3.05, 3.63) is 12.0 Å². The summed E-state index contributed by atoms with van der Waals surface area (Å²) < 4.78 is 10.1. The van der Waals surface area contributed by atoms with Crippen LogP contribution in [-0.2, 0) is 4.74 Å². The molecule has 1 N–H and O–H groups in total. The Kier molecular flexibility index (Phi) is 3.63. The molecule has 17 heavy (non-hydrogen) atoms. The van der Waals surface area contributed by atoms with E-state index >= 15 is 0 Å². The van der Waals surface area contributed by atoms with Gasteiger partial charge < -0.3 is 19.2 Å². The number of anilines is 1. The SMILES string of the molecule is CCOC(=O)c1coc(N2CCC(O)CC2)n1. The molecule has 2 rings (SSSR count). The Morgan fingerprint density at radius 2 is 2.35 bits per heavy atom. The molecule has 0 unspecified atom stereocenters. The largest absolute Gasteiger partial charge is 0.461 e. The van der Waals surface area contributed by atoms with Crippen LogP contribution < -0.4 is 4.90 Å². The topological polar surface area (TPSA) is 75.8 Å². The summed E-state index contributed by atoms with van der Waals surface area (Å²) in [4.78, 5) is 17.4. The summed E-state index contributed by atoms with van der Waals surface area (Å²) in [5.41, 5.74) is 0.188. The number of piperidine rings is 1. The van der Waals surface area contributed by atoms with Gasteiger partial charge in [-0.15, -0.1) is 0 Å². The highest BCUT2D eigenvalue weighted by atomic mass is 16.5. The zero-order chi connectivity index (χ0) is 12.3. The average molecular weight is 240 g/mol. The van der Waals surface area contributed by atoms with Crippen molar-refractivity contribution in [3.63, 3.8) is 0 Å². The maximum Gasteiger partial charge on any atom is 0.360 e. The lowest BCUT2D eigenvalue weighted by molar-refractivity contribution is 0.0519. The van der Waals surface area contributed by atoms with Gasteiger partial charge in [0.1, 0.15) is 6.26 Å². The molecule has 0 aliphatic carbocycles. The average Bonchev–Trinajstić information content (AvgIpc) is 2.80. The van der Waals surface area contributed by atoms with E-state index in [-0.39, 0.29) is 11.8 Å². The Hall–Kier alpha value is -1.56. The highest BCUT2D eigenvalue weighted by Gasteiger charge is 2.22. The fraction of sp³-hybridized carbons (Fsp3) is 0.636. The summed E-state index contributed by atoms with van der Waals surface area (Å²) in [6.45, 7) is 3.43. The summed E-state index contributed by atoms with van der Waals surface area (Å²) in [5.74, 6) is -0.473. The van der Waals surface area contributed by atoms with E-state index in [4.69, 9.17) is 9.15 Å². The molecule has 0 spiro atoms. The molecule has 0 atom stereocenters. The van der Waals surface area contributed by atoms with Crippen LogP contribution in [0.4, 0.5) is 6.01 Å². The Morgan fingerprint density at radius 3 is 3.00 bits per heavy atom. The molecule has 1 aromatic rings. The third-order valence-electron chi connectivity index (χ3n) is 2.71. The number of oxazole rings is 1. The van der Waals surface area contributed by atoms with Gasteiger partial charge in [0.25, 0.3) is 6.01 Å². The molecule has 1 aliphatic heterocycles. The van der Waals surface area contributed by atoms with Gasteiger partial charge in [-0.2, -0.15) is 4.98 Å². The Morgan fingerprint density at radius 1 is 1.65 bits per heavy atom. The number of nitrogens with zero attached hydrogens (tertiary/aromatic N) is 2. The third-order valence-corrected chi connectivity index (χ3v) is 2.71. The molecule has 1 aromatic heterocycles. The molecule has 6 nitrogen and oxygen atoms in total. The van der Waals surface area contributed by atoms with Crippen molar-refractivity contribution in [2.45, 2.75) is 25.9 Å². The fourth-order valence-corrected chi connectivity index (χ4v) is 1.77. The fourth-order valence-electron chi connectivity index (χ4n) is 1.77. The van der Waals surface area contributed by atoms with Crippen molar-refractivity contribution < 1.29 is 19.1 Å². The first-order valence-electron chi connectivity index (χ1n) is 5.76. The van der Waals surface area contributed by atoms with E-state index in [1.54, 1.807) is 6.92 Å². The van der Waals surface area contributed by atoms with Crippen LogP contribution in [0.5, 0.6) is 0 Å². The number of rotatable bonds is 3. The quantitative estimate of drug-likeness (QED) is 0.788. The number of carbonyl (C=O) groups excluding carboxylic acids is 1. The molecule has 94 valence electrons. The molecule has 6 heteroatoms. The van der Waals surface area contributed by atoms with E-state index in [1.165, 1.54) is 6.26 Å². The van der Waals surface area contributed by atoms with Crippen LogP contribution >= 0.6 is 0 Å². The molecule has 1 saturated heterocycles. The van der Waals surface area contributed by atoms with E-state index in [9.17, 15) is 9.90 Å². The maximum atomic E-state index is 11.4. The smallest absolute Gasteiger partial charge is 0.360 e. The second-order valence-electron chi connectivity index (χ2n) is 3.95. The van der Waals surface area contributed by atoms with Crippen molar-refractivity contribution in [1.29, 1.82) is 0 Å². The molecule has 0 radical (unpaired) electrons. The highest BCUT2D eigenvalue weighted by Crippen LogP contribution is 2.19. The minimum absolute atomic E-state index is 0.188. The summed E-state index contributed by atoms with van der Waals surface area (Å²) in [6.07, 6.45) is 2.44. The first-order chi connectivity index (χ1) is 8.20. The first kappa shape index (κ1) is 11.9. The number of hydrogen-bond donors (Lipinski definition) is 1. The van der Waals surface area contributed by atoms with Gasteiger partial charge in [0.15, 0.2) is 5.69 Å². The summed E-state index contributed by atoms with van der Waals surface area (Å²) in [7, 11) is 0. The lowest BCUT2D eigenvalue weighted by Crippen LogP contribution is -2.36. The van der Waals surface area contributed by atoms with Gasteiger partial charge in [0, 0.05) is 13.1 Å². The van der Waals surface area contributed by atoms with Crippen LogP contribution in [0.3, 0.4) is 0 Å². The monoisotopic (exact) mass is 240 g/mol.